The first-order valence-corrected chi connectivity index (χ1v) is 6.21. The Balaban J connectivity index is 2.19. The van der Waals surface area contributed by atoms with Gasteiger partial charge < -0.3 is 11.1 Å². The Bertz CT molecular complexity index is 700. The monoisotopic (exact) mass is 286 g/mol. The minimum atomic E-state index is -0.611. The van der Waals surface area contributed by atoms with Gasteiger partial charge in [0.05, 0.1) is 17.2 Å². The van der Waals surface area contributed by atoms with Gasteiger partial charge in [0.15, 0.2) is 0 Å². The molecule has 1 heterocycles. The van der Waals surface area contributed by atoms with Crippen molar-refractivity contribution in [2.45, 2.75) is 13.5 Å². The Morgan fingerprint density at radius 1 is 1.43 bits per heavy atom. The lowest BCUT2D eigenvalue weighted by Crippen LogP contribution is -2.24. The minimum absolute atomic E-state index is 0.0615. The zero-order chi connectivity index (χ0) is 15.4. The lowest BCUT2D eigenvalue weighted by molar-refractivity contribution is -0.385. The Hall–Kier alpha value is -2.96. The minimum Gasteiger partial charge on any atom is -0.399 e. The third kappa shape index (κ3) is 3.33. The number of carbonyl (C=O) groups is 1. The van der Waals surface area contributed by atoms with E-state index in [2.05, 4.69) is 10.3 Å². The van der Waals surface area contributed by atoms with Gasteiger partial charge in [-0.25, -0.2) is 0 Å². The smallest absolute Gasteiger partial charge is 0.282 e. The lowest BCUT2D eigenvalue weighted by atomic mass is 10.1. The maximum Gasteiger partial charge on any atom is 0.282 e. The van der Waals surface area contributed by atoms with Crippen LogP contribution in [-0.4, -0.2) is 15.8 Å². The standard InChI is InChI=1S/C14H14N4O3/c1-9-3-2-6-16-12(9)8-17-14(19)11-7-10(15)4-5-13(11)18(20)21/h2-7H,8,15H2,1H3,(H,17,19). The predicted octanol–water partition coefficient (Wildman–Crippen LogP) is 1.81. The average molecular weight is 286 g/mol. The third-order valence-corrected chi connectivity index (χ3v) is 3.00. The lowest BCUT2D eigenvalue weighted by Gasteiger charge is -2.08. The molecular formula is C14H14N4O3. The second kappa shape index (κ2) is 6.00. The Morgan fingerprint density at radius 3 is 2.86 bits per heavy atom. The molecule has 0 spiro atoms. The number of rotatable bonds is 4. The van der Waals surface area contributed by atoms with Crippen molar-refractivity contribution in [1.29, 1.82) is 0 Å². The van der Waals surface area contributed by atoms with Crippen molar-refractivity contribution in [1.82, 2.24) is 10.3 Å². The molecule has 0 atom stereocenters. The fourth-order valence-electron chi connectivity index (χ4n) is 1.86. The highest BCUT2D eigenvalue weighted by Gasteiger charge is 2.20. The summed E-state index contributed by atoms with van der Waals surface area (Å²) in [6.45, 7) is 2.06. The van der Waals surface area contributed by atoms with E-state index in [0.29, 0.717) is 11.4 Å². The molecule has 0 saturated heterocycles. The first kappa shape index (κ1) is 14.4. The second-order valence-corrected chi connectivity index (χ2v) is 4.48. The van der Waals surface area contributed by atoms with Crippen molar-refractivity contribution < 1.29 is 9.72 Å². The molecule has 0 aliphatic rings. The van der Waals surface area contributed by atoms with Gasteiger partial charge in [0.2, 0.25) is 0 Å². The van der Waals surface area contributed by atoms with Crippen LogP contribution >= 0.6 is 0 Å². The fraction of sp³-hybridized carbons (Fsp3) is 0.143. The molecule has 108 valence electrons. The number of nitrogens with one attached hydrogen (secondary N) is 1. The van der Waals surface area contributed by atoms with E-state index in [1.165, 1.54) is 18.2 Å². The number of aromatic nitrogens is 1. The van der Waals surface area contributed by atoms with Crippen LogP contribution in [0.15, 0.2) is 36.5 Å². The van der Waals surface area contributed by atoms with Crippen molar-refractivity contribution in [2.24, 2.45) is 0 Å². The number of nitrogen functional groups attached to an aromatic ring is 1. The molecule has 0 aliphatic heterocycles. The van der Waals surface area contributed by atoms with Gasteiger partial charge in [-0.15, -0.1) is 0 Å². The van der Waals surface area contributed by atoms with Crippen LogP contribution in [0.5, 0.6) is 0 Å². The van der Waals surface area contributed by atoms with Crippen LogP contribution in [0, 0.1) is 17.0 Å². The predicted molar refractivity (Wildman–Crippen MR) is 77.7 cm³/mol. The molecule has 1 aromatic heterocycles. The molecule has 2 rings (SSSR count). The van der Waals surface area contributed by atoms with Gasteiger partial charge in [-0.05, 0) is 30.7 Å². The molecule has 0 unspecified atom stereocenters. The van der Waals surface area contributed by atoms with Crippen LogP contribution in [-0.2, 0) is 6.54 Å². The summed E-state index contributed by atoms with van der Waals surface area (Å²) in [5.41, 5.74) is 7.17. The number of nitrogens with zero attached hydrogens (tertiary/aromatic N) is 2. The number of nitro groups is 1. The Labute approximate surface area is 121 Å². The Morgan fingerprint density at radius 2 is 2.19 bits per heavy atom. The van der Waals surface area contributed by atoms with Crippen LogP contribution in [0.25, 0.3) is 0 Å². The maximum atomic E-state index is 12.1. The summed E-state index contributed by atoms with van der Waals surface area (Å²) < 4.78 is 0. The largest absolute Gasteiger partial charge is 0.399 e. The number of nitrogens with two attached hydrogens (primary N) is 1. The van der Waals surface area contributed by atoms with Crippen molar-refractivity contribution in [3.63, 3.8) is 0 Å². The number of anilines is 1. The van der Waals surface area contributed by atoms with Crippen LogP contribution < -0.4 is 11.1 Å². The summed E-state index contributed by atoms with van der Waals surface area (Å²) in [7, 11) is 0. The number of hydrogen-bond acceptors (Lipinski definition) is 5. The molecule has 0 saturated carbocycles. The van der Waals surface area contributed by atoms with E-state index in [0.717, 1.165) is 5.56 Å². The van der Waals surface area contributed by atoms with Gasteiger partial charge in [0.25, 0.3) is 11.6 Å². The summed E-state index contributed by atoms with van der Waals surface area (Å²) in [6.07, 6.45) is 1.62. The molecule has 2 aromatic rings. The molecule has 1 aromatic carbocycles. The van der Waals surface area contributed by atoms with Gasteiger partial charge in [-0.1, -0.05) is 6.07 Å². The van der Waals surface area contributed by atoms with Gasteiger partial charge in [0, 0.05) is 18.0 Å². The van der Waals surface area contributed by atoms with Gasteiger partial charge in [0.1, 0.15) is 5.56 Å². The summed E-state index contributed by atoms with van der Waals surface area (Å²) >= 11 is 0. The van der Waals surface area contributed by atoms with Crippen molar-refractivity contribution in [3.05, 3.63) is 63.5 Å². The number of hydrogen-bond donors (Lipinski definition) is 2. The number of carbonyl (C=O) groups excluding carboxylic acids is 1. The van der Waals surface area contributed by atoms with Crippen molar-refractivity contribution in [2.75, 3.05) is 5.73 Å². The topological polar surface area (TPSA) is 111 Å². The van der Waals surface area contributed by atoms with Crippen LogP contribution in [0.1, 0.15) is 21.6 Å². The average Bonchev–Trinajstić information content (AvgIpc) is 2.45. The molecule has 0 aliphatic carbocycles. The summed E-state index contributed by atoms with van der Waals surface area (Å²) in [5.74, 6) is -0.556. The van der Waals surface area contributed by atoms with Gasteiger partial charge in [-0.2, -0.15) is 0 Å². The highest BCUT2D eigenvalue weighted by molar-refractivity contribution is 5.98. The van der Waals surface area contributed by atoms with E-state index >= 15 is 0 Å². The number of amides is 1. The molecule has 0 fully saturated rings. The SMILES string of the molecule is Cc1cccnc1CNC(=O)c1cc(N)ccc1[N+](=O)[O-]. The highest BCUT2D eigenvalue weighted by Crippen LogP contribution is 2.21. The van der Waals surface area contributed by atoms with E-state index < -0.39 is 10.8 Å². The quantitative estimate of drug-likeness (QED) is 0.506. The summed E-state index contributed by atoms with van der Waals surface area (Å²) in [5, 5.41) is 13.6. The molecule has 0 radical (unpaired) electrons. The van der Waals surface area contributed by atoms with Crippen LogP contribution in [0.4, 0.5) is 11.4 Å². The molecule has 7 nitrogen and oxygen atoms in total. The molecular weight excluding hydrogens is 272 g/mol. The summed E-state index contributed by atoms with van der Waals surface area (Å²) in [4.78, 5) is 26.6. The van der Waals surface area contributed by atoms with E-state index in [4.69, 9.17) is 5.73 Å². The summed E-state index contributed by atoms with van der Waals surface area (Å²) in [6, 6.07) is 7.56. The van der Waals surface area contributed by atoms with E-state index in [1.54, 1.807) is 12.3 Å². The van der Waals surface area contributed by atoms with Gasteiger partial charge >= 0.3 is 0 Å². The van der Waals surface area contributed by atoms with Crippen molar-refractivity contribution >= 4 is 17.3 Å². The fourth-order valence-corrected chi connectivity index (χ4v) is 1.86. The zero-order valence-electron chi connectivity index (χ0n) is 11.4. The Kier molecular flexibility index (Phi) is 4.13. The number of benzene rings is 1. The van der Waals surface area contributed by atoms with Crippen molar-refractivity contribution in [3.8, 4) is 0 Å². The first-order chi connectivity index (χ1) is 9.99. The highest BCUT2D eigenvalue weighted by atomic mass is 16.6. The van der Waals surface area contributed by atoms with Crippen LogP contribution in [0.3, 0.4) is 0 Å². The molecule has 1 amide bonds. The second-order valence-electron chi connectivity index (χ2n) is 4.48. The van der Waals surface area contributed by atoms with E-state index in [1.807, 2.05) is 13.0 Å². The first-order valence-electron chi connectivity index (χ1n) is 6.21. The van der Waals surface area contributed by atoms with E-state index in [-0.39, 0.29) is 17.8 Å². The van der Waals surface area contributed by atoms with Gasteiger partial charge in [-0.3, -0.25) is 19.9 Å². The number of pyridine rings is 1. The number of nitro benzene ring substituents is 1. The normalized spacial score (nSPS) is 10.1. The maximum absolute atomic E-state index is 12.1. The zero-order valence-corrected chi connectivity index (χ0v) is 11.4. The molecule has 0 bridgehead atoms. The molecule has 3 N–H and O–H groups in total. The number of aryl methyl sites for hydroxylation is 1. The molecule has 7 heteroatoms. The van der Waals surface area contributed by atoms with E-state index in [9.17, 15) is 14.9 Å². The molecule has 21 heavy (non-hydrogen) atoms. The third-order valence-electron chi connectivity index (χ3n) is 3.00. The van der Waals surface area contributed by atoms with Crippen LogP contribution in [0.2, 0.25) is 0 Å².